The minimum absolute atomic E-state index is 0.306. The molecule has 4 rings (SSSR count). The van der Waals surface area contributed by atoms with Gasteiger partial charge < -0.3 is 10.1 Å². The van der Waals surface area contributed by atoms with Crippen molar-refractivity contribution < 1.29 is 17.5 Å². The number of nitrogens with zero attached hydrogens (tertiary/aromatic N) is 2. The second-order valence-corrected chi connectivity index (χ2v) is 8.41. The van der Waals surface area contributed by atoms with Gasteiger partial charge in [0.25, 0.3) is 10.0 Å². The number of aromatic nitrogens is 2. The van der Waals surface area contributed by atoms with Crippen molar-refractivity contribution in [3.05, 3.63) is 91.0 Å². The standard InChI is InChI=1S/C23H19FN4O3S/c1-31-19-12-6-16(7-13-19)21-14-23(26-15-25-21)27-17-8-10-18(11-9-17)28-32(29,30)22-5-3-2-4-20(22)24/h2-15,28H,1H3,(H,25,26,27). The predicted octanol–water partition coefficient (Wildman–Crippen LogP) is 4.84. The second-order valence-electron chi connectivity index (χ2n) is 6.76. The van der Waals surface area contributed by atoms with Crippen molar-refractivity contribution in [1.29, 1.82) is 0 Å². The van der Waals surface area contributed by atoms with Crippen molar-refractivity contribution in [3.63, 3.8) is 0 Å². The van der Waals surface area contributed by atoms with Gasteiger partial charge in [0.1, 0.15) is 28.6 Å². The molecule has 0 fully saturated rings. The Morgan fingerprint density at radius 3 is 2.25 bits per heavy atom. The molecule has 0 radical (unpaired) electrons. The molecule has 32 heavy (non-hydrogen) atoms. The van der Waals surface area contributed by atoms with E-state index in [0.717, 1.165) is 23.1 Å². The number of methoxy groups -OCH3 is 1. The molecule has 0 amide bonds. The van der Waals surface area contributed by atoms with Gasteiger partial charge in [0.15, 0.2) is 0 Å². The molecule has 1 heterocycles. The summed E-state index contributed by atoms with van der Waals surface area (Å²) in [6.45, 7) is 0. The zero-order valence-electron chi connectivity index (χ0n) is 17.0. The molecule has 162 valence electrons. The van der Waals surface area contributed by atoms with E-state index in [-0.39, 0.29) is 0 Å². The number of rotatable bonds is 7. The lowest BCUT2D eigenvalue weighted by Crippen LogP contribution is -2.14. The summed E-state index contributed by atoms with van der Waals surface area (Å²) >= 11 is 0. The second kappa shape index (κ2) is 9.03. The average Bonchev–Trinajstić information content (AvgIpc) is 2.81. The fourth-order valence-electron chi connectivity index (χ4n) is 2.99. The van der Waals surface area contributed by atoms with Gasteiger partial charge in [-0.25, -0.2) is 22.8 Å². The third-order valence-corrected chi connectivity index (χ3v) is 6.00. The van der Waals surface area contributed by atoms with Gasteiger partial charge in [-0.15, -0.1) is 0 Å². The maximum Gasteiger partial charge on any atom is 0.264 e. The van der Waals surface area contributed by atoms with E-state index in [4.69, 9.17) is 4.74 Å². The summed E-state index contributed by atoms with van der Waals surface area (Å²) in [6.07, 6.45) is 1.46. The SMILES string of the molecule is COc1ccc(-c2cc(Nc3ccc(NS(=O)(=O)c4ccccc4F)cc3)ncn2)cc1. The Morgan fingerprint density at radius 1 is 0.875 bits per heavy atom. The van der Waals surface area contributed by atoms with Crippen LogP contribution in [0.3, 0.4) is 0 Å². The highest BCUT2D eigenvalue weighted by molar-refractivity contribution is 7.92. The summed E-state index contributed by atoms with van der Waals surface area (Å²) in [5, 5.41) is 3.15. The molecule has 1 aromatic heterocycles. The van der Waals surface area contributed by atoms with E-state index in [1.54, 1.807) is 37.4 Å². The molecule has 0 saturated carbocycles. The van der Waals surface area contributed by atoms with Crippen LogP contribution in [0.5, 0.6) is 5.75 Å². The lowest BCUT2D eigenvalue weighted by Gasteiger charge is -2.11. The maximum atomic E-state index is 13.8. The van der Waals surface area contributed by atoms with Crippen LogP contribution in [0.15, 0.2) is 90.1 Å². The van der Waals surface area contributed by atoms with Crippen molar-refractivity contribution in [2.75, 3.05) is 17.1 Å². The molecule has 2 N–H and O–H groups in total. The van der Waals surface area contributed by atoms with Gasteiger partial charge in [-0.3, -0.25) is 4.72 Å². The first kappa shape index (κ1) is 21.3. The molecule has 0 aliphatic carbocycles. The number of ether oxygens (including phenoxy) is 1. The molecule has 0 unspecified atom stereocenters. The van der Waals surface area contributed by atoms with E-state index in [1.807, 2.05) is 24.3 Å². The highest BCUT2D eigenvalue weighted by Gasteiger charge is 2.18. The lowest BCUT2D eigenvalue weighted by atomic mass is 10.1. The van der Waals surface area contributed by atoms with Gasteiger partial charge in [-0.2, -0.15) is 0 Å². The number of nitrogens with one attached hydrogen (secondary N) is 2. The van der Waals surface area contributed by atoms with E-state index < -0.39 is 20.7 Å². The Labute approximate surface area is 185 Å². The number of hydrogen-bond donors (Lipinski definition) is 2. The van der Waals surface area contributed by atoms with E-state index in [2.05, 4.69) is 20.0 Å². The van der Waals surface area contributed by atoms with Gasteiger partial charge in [0.2, 0.25) is 0 Å². The molecule has 0 spiro atoms. The maximum absolute atomic E-state index is 13.8. The molecule has 0 aliphatic heterocycles. The van der Waals surface area contributed by atoms with Crippen molar-refractivity contribution in [2.24, 2.45) is 0 Å². The van der Waals surface area contributed by atoms with Crippen molar-refractivity contribution in [1.82, 2.24) is 9.97 Å². The molecule has 0 saturated heterocycles. The monoisotopic (exact) mass is 450 g/mol. The van der Waals surface area contributed by atoms with Crippen LogP contribution in [-0.2, 0) is 10.0 Å². The third-order valence-electron chi connectivity index (χ3n) is 4.59. The van der Waals surface area contributed by atoms with Crippen molar-refractivity contribution in [3.8, 4) is 17.0 Å². The number of halogens is 1. The Morgan fingerprint density at radius 2 is 1.56 bits per heavy atom. The number of benzene rings is 3. The smallest absolute Gasteiger partial charge is 0.264 e. The summed E-state index contributed by atoms with van der Waals surface area (Å²) in [6, 6.07) is 21.1. The van der Waals surface area contributed by atoms with E-state index in [1.165, 1.54) is 24.5 Å². The molecule has 9 heteroatoms. The fraction of sp³-hybridized carbons (Fsp3) is 0.0435. The summed E-state index contributed by atoms with van der Waals surface area (Å²) in [4.78, 5) is 8.11. The van der Waals surface area contributed by atoms with Crippen LogP contribution in [0.1, 0.15) is 0 Å². The van der Waals surface area contributed by atoms with Crippen LogP contribution in [-0.4, -0.2) is 25.5 Å². The Hall–Kier alpha value is -3.98. The first-order chi connectivity index (χ1) is 15.4. The zero-order chi connectivity index (χ0) is 22.6. The Kier molecular flexibility index (Phi) is 6.00. The van der Waals surface area contributed by atoms with Crippen LogP contribution in [0, 0.1) is 5.82 Å². The highest BCUT2D eigenvalue weighted by Crippen LogP contribution is 2.25. The van der Waals surface area contributed by atoms with Gasteiger partial charge in [-0.1, -0.05) is 12.1 Å². The summed E-state index contributed by atoms with van der Waals surface area (Å²) in [5.74, 6) is 0.520. The van der Waals surface area contributed by atoms with Crippen LogP contribution < -0.4 is 14.8 Å². The predicted molar refractivity (Wildman–Crippen MR) is 121 cm³/mol. The van der Waals surface area contributed by atoms with Gasteiger partial charge in [0.05, 0.1) is 12.8 Å². The van der Waals surface area contributed by atoms with Crippen LogP contribution in [0.4, 0.5) is 21.6 Å². The quantitative estimate of drug-likeness (QED) is 0.419. The molecular weight excluding hydrogens is 431 g/mol. The zero-order valence-corrected chi connectivity index (χ0v) is 17.8. The summed E-state index contributed by atoms with van der Waals surface area (Å²) in [7, 11) is -2.42. The van der Waals surface area contributed by atoms with Crippen molar-refractivity contribution in [2.45, 2.75) is 4.90 Å². The van der Waals surface area contributed by atoms with E-state index in [0.29, 0.717) is 17.2 Å². The highest BCUT2D eigenvalue weighted by atomic mass is 32.2. The number of hydrogen-bond acceptors (Lipinski definition) is 6. The third kappa shape index (κ3) is 4.84. The van der Waals surface area contributed by atoms with Crippen LogP contribution >= 0.6 is 0 Å². The van der Waals surface area contributed by atoms with Gasteiger partial charge in [-0.05, 0) is 60.7 Å². The van der Waals surface area contributed by atoms with E-state index in [9.17, 15) is 12.8 Å². The average molecular weight is 450 g/mol. The fourth-order valence-corrected chi connectivity index (χ4v) is 4.13. The summed E-state index contributed by atoms with van der Waals surface area (Å²) in [5.41, 5.74) is 2.65. The molecule has 0 bridgehead atoms. The minimum atomic E-state index is -4.03. The normalized spacial score (nSPS) is 11.1. The van der Waals surface area contributed by atoms with Crippen LogP contribution in [0.2, 0.25) is 0 Å². The molecule has 7 nitrogen and oxygen atoms in total. The topological polar surface area (TPSA) is 93.2 Å². The molecule has 4 aromatic rings. The molecular formula is C23H19FN4O3S. The first-order valence-corrected chi connectivity index (χ1v) is 11.0. The van der Waals surface area contributed by atoms with Gasteiger partial charge in [0, 0.05) is 23.0 Å². The van der Waals surface area contributed by atoms with Crippen LogP contribution in [0.25, 0.3) is 11.3 Å². The lowest BCUT2D eigenvalue weighted by molar-refractivity contribution is 0.415. The number of anilines is 3. The molecule has 3 aromatic carbocycles. The molecule has 0 atom stereocenters. The van der Waals surface area contributed by atoms with E-state index >= 15 is 0 Å². The summed E-state index contributed by atoms with van der Waals surface area (Å²) < 4.78 is 46.2. The Bertz CT molecular complexity index is 1330. The number of sulfonamides is 1. The van der Waals surface area contributed by atoms with Crippen molar-refractivity contribution >= 4 is 27.2 Å². The minimum Gasteiger partial charge on any atom is -0.497 e. The molecule has 0 aliphatic rings. The van der Waals surface area contributed by atoms with Gasteiger partial charge >= 0.3 is 0 Å². The largest absolute Gasteiger partial charge is 0.497 e. The first-order valence-electron chi connectivity index (χ1n) is 9.55. The Balaban J connectivity index is 1.48.